The summed E-state index contributed by atoms with van der Waals surface area (Å²) in [6.45, 7) is 4.26. The Labute approximate surface area is 144 Å². The number of hydrogen-bond acceptors (Lipinski definition) is 5. The van der Waals surface area contributed by atoms with Gasteiger partial charge in [-0.25, -0.2) is 0 Å². The van der Waals surface area contributed by atoms with E-state index in [0.29, 0.717) is 22.5 Å². The first kappa shape index (κ1) is 17.8. The van der Waals surface area contributed by atoms with Crippen LogP contribution in [0.2, 0.25) is 0 Å². The number of nitrogens with one attached hydrogen (secondary N) is 1. The summed E-state index contributed by atoms with van der Waals surface area (Å²) < 4.78 is 0. The van der Waals surface area contributed by atoms with Crippen molar-refractivity contribution in [3.05, 3.63) is 46.5 Å². The minimum absolute atomic E-state index is 0.00510. The van der Waals surface area contributed by atoms with Crippen molar-refractivity contribution in [3.63, 3.8) is 0 Å². The van der Waals surface area contributed by atoms with E-state index >= 15 is 0 Å². The topological polar surface area (TPSA) is 92.2 Å². The van der Waals surface area contributed by atoms with Gasteiger partial charge >= 0.3 is 5.97 Å². The lowest BCUT2D eigenvalue weighted by Crippen LogP contribution is -2.07. The van der Waals surface area contributed by atoms with Crippen LogP contribution in [0.1, 0.15) is 42.3 Å². The van der Waals surface area contributed by atoms with E-state index in [2.05, 4.69) is 29.4 Å². The van der Waals surface area contributed by atoms with Crippen LogP contribution in [-0.2, 0) is 16.0 Å². The van der Waals surface area contributed by atoms with E-state index in [9.17, 15) is 9.59 Å². The molecule has 1 amide bonds. The first-order chi connectivity index (χ1) is 11.4. The predicted molar refractivity (Wildman–Crippen MR) is 94.1 cm³/mol. The Morgan fingerprint density at radius 1 is 1.25 bits per heavy atom. The normalized spacial score (nSPS) is 11.1. The molecule has 0 aliphatic carbocycles. The molecule has 0 aliphatic rings. The highest BCUT2D eigenvalue weighted by atomic mass is 32.1. The predicted octanol–water partition coefficient (Wildman–Crippen LogP) is 3.33. The number of benzene rings is 1. The van der Waals surface area contributed by atoms with E-state index in [-0.39, 0.29) is 12.3 Å². The lowest BCUT2D eigenvalue weighted by Gasteiger charge is -2.04. The van der Waals surface area contributed by atoms with Crippen LogP contribution in [-0.4, -0.2) is 27.2 Å². The third kappa shape index (κ3) is 5.58. The maximum atomic E-state index is 11.9. The number of anilines is 1. The van der Waals surface area contributed by atoms with Gasteiger partial charge in [0.15, 0.2) is 0 Å². The molecule has 2 aromatic rings. The minimum Gasteiger partial charge on any atom is -0.481 e. The average molecular weight is 345 g/mol. The van der Waals surface area contributed by atoms with E-state index in [1.54, 1.807) is 6.08 Å². The molecule has 7 heteroatoms. The van der Waals surface area contributed by atoms with E-state index < -0.39 is 5.97 Å². The lowest BCUT2D eigenvalue weighted by molar-refractivity contribution is -0.137. The summed E-state index contributed by atoms with van der Waals surface area (Å²) in [5.41, 5.74) is 2.19. The summed E-state index contributed by atoms with van der Waals surface area (Å²) in [5.74, 6) is -0.717. The molecule has 0 fully saturated rings. The fourth-order valence-electron chi connectivity index (χ4n) is 1.93. The van der Waals surface area contributed by atoms with Crippen molar-refractivity contribution in [1.82, 2.24) is 10.2 Å². The third-order valence-electron chi connectivity index (χ3n) is 3.28. The van der Waals surface area contributed by atoms with Crippen molar-refractivity contribution in [2.24, 2.45) is 0 Å². The van der Waals surface area contributed by atoms with E-state index in [1.165, 1.54) is 23.0 Å². The molecule has 6 nitrogen and oxygen atoms in total. The van der Waals surface area contributed by atoms with Crippen LogP contribution >= 0.6 is 11.3 Å². The van der Waals surface area contributed by atoms with Gasteiger partial charge in [0.05, 0.1) is 6.42 Å². The zero-order valence-corrected chi connectivity index (χ0v) is 14.3. The quantitative estimate of drug-likeness (QED) is 0.751. The number of hydrogen-bond donors (Lipinski definition) is 2. The summed E-state index contributed by atoms with van der Waals surface area (Å²) in [6.07, 6.45) is 3.46. The zero-order chi connectivity index (χ0) is 17.5. The number of nitrogens with zero attached hydrogens (tertiary/aromatic N) is 2. The van der Waals surface area contributed by atoms with Gasteiger partial charge in [0.2, 0.25) is 11.0 Å². The molecule has 0 atom stereocenters. The Morgan fingerprint density at radius 2 is 1.96 bits per heavy atom. The fraction of sp³-hybridized carbons (Fsp3) is 0.294. The molecule has 0 spiro atoms. The van der Waals surface area contributed by atoms with E-state index in [4.69, 9.17) is 5.11 Å². The number of aliphatic carboxylic acids is 1. The van der Waals surface area contributed by atoms with Crippen molar-refractivity contribution >= 4 is 34.4 Å². The molecule has 2 N–H and O–H groups in total. The number of aromatic nitrogens is 2. The van der Waals surface area contributed by atoms with Gasteiger partial charge < -0.3 is 5.11 Å². The lowest BCUT2D eigenvalue weighted by atomic mass is 10.0. The number of carbonyl (C=O) groups is 2. The largest absolute Gasteiger partial charge is 0.481 e. The van der Waals surface area contributed by atoms with Crippen molar-refractivity contribution < 1.29 is 14.7 Å². The van der Waals surface area contributed by atoms with Crippen LogP contribution in [0.5, 0.6) is 0 Å². The molecule has 0 saturated carbocycles. The van der Waals surface area contributed by atoms with Crippen LogP contribution in [0.4, 0.5) is 5.13 Å². The molecule has 0 radical (unpaired) electrons. The second kappa shape index (κ2) is 8.35. The molecule has 1 heterocycles. The van der Waals surface area contributed by atoms with E-state index in [0.717, 1.165) is 5.56 Å². The molecule has 0 unspecified atom stereocenters. The summed E-state index contributed by atoms with van der Waals surface area (Å²) in [5, 5.41) is 19.9. The number of rotatable bonds is 7. The summed E-state index contributed by atoms with van der Waals surface area (Å²) in [6, 6.07) is 8.02. The fourth-order valence-corrected chi connectivity index (χ4v) is 2.67. The maximum absolute atomic E-state index is 11.9. The van der Waals surface area contributed by atoms with Gasteiger partial charge in [-0.1, -0.05) is 49.4 Å². The molecule has 2 rings (SSSR count). The van der Waals surface area contributed by atoms with E-state index in [1.807, 2.05) is 24.3 Å². The Balaban J connectivity index is 1.89. The molecule has 0 bridgehead atoms. The van der Waals surface area contributed by atoms with Crippen LogP contribution in [0.25, 0.3) is 6.08 Å². The number of amides is 1. The smallest absolute Gasteiger partial charge is 0.303 e. The van der Waals surface area contributed by atoms with Gasteiger partial charge in [0, 0.05) is 12.5 Å². The molecule has 24 heavy (non-hydrogen) atoms. The number of aryl methyl sites for hydroxylation is 1. The minimum atomic E-state index is -0.887. The maximum Gasteiger partial charge on any atom is 0.303 e. The summed E-state index contributed by atoms with van der Waals surface area (Å²) >= 11 is 1.18. The molecule has 1 aromatic heterocycles. The molecule has 0 saturated heterocycles. The highest BCUT2D eigenvalue weighted by Crippen LogP contribution is 2.17. The monoisotopic (exact) mass is 345 g/mol. The Bertz CT molecular complexity index is 736. The second-order valence-electron chi connectivity index (χ2n) is 5.54. The van der Waals surface area contributed by atoms with Gasteiger partial charge in [0.25, 0.3) is 0 Å². The molecule has 0 aliphatic heterocycles. The van der Waals surface area contributed by atoms with Crippen molar-refractivity contribution in [2.75, 3.05) is 5.32 Å². The van der Waals surface area contributed by atoms with Crippen LogP contribution < -0.4 is 5.32 Å². The van der Waals surface area contributed by atoms with Crippen molar-refractivity contribution in [3.8, 4) is 0 Å². The average Bonchev–Trinajstić information content (AvgIpc) is 2.98. The Kier molecular flexibility index (Phi) is 6.20. The first-order valence-electron chi connectivity index (χ1n) is 7.57. The van der Waals surface area contributed by atoms with Gasteiger partial charge in [-0.05, 0) is 23.1 Å². The highest BCUT2D eigenvalue weighted by Gasteiger charge is 2.08. The number of carbonyl (C=O) groups excluding carboxylic acids is 1. The van der Waals surface area contributed by atoms with Gasteiger partial charge in [-0.2, -0.15) is 0 Å². The van der Waals surface area contributed by atoms with Crippen LogP contribution in [0.15, 0.2) is 30.3 Å². The molecular formula is C17H19N3O3S. The third-order valence-corrected chi connectivity index (χ3v) is 4.18. The van der Waals surface area contributed by atoms with Gasteiger partial charge in [-0.15, -0.1) is 10.2 Å². The summed E-state index contributed by atoms with van der Waals surface area (Å²) in [7, 11) is 0. The molecular weight excluding hydrogens is 326 g/mol. The van der Waals surface area contributed by atoms with Gasteiger partial charge in [-0.3, -0.25) is 14.9 Å². The molecule has 1 aromatic carbocycles. The first-order valence-corrected chi connectivity index (χ1v) is 8.39. The SMILES string of the molecule is CC(C)c1ccc(/C=C/C(=O)Nc2nnc(CCC(=O)O)s2)cc1. The zero-order valence-electron chi connectivity index (χ0n) is 13.5. The van der Waals surface area contributed by atoms with Crippen molar-refractivity contribution in [2.45, 2.75) is 32.6 Å². The van der Waals surface area contributed by atoms with Crippen LogP contribution in [0.3, 0.4) is 0 Å². The number of carboxylic acid groups (broad SMARTS) is 1. The Hall–Kier alpha value is -2.54. The second-order valence-corrected chi connectivity index (χ2v) is 6.60. The highest BCUT2D eigenvalue weighted by molar-refractivity contribution is 7.15. The number of carboxylic acids is 1. The van der Waals surface area contributed by atoms with Crippen molar-refractivity contribution in [1.29, 1.82) is 0 Å². The van der Waals surface area contributed by atoms with Gasteiger partial charge in [0.1, 0.15) is 5.01 Å². The van der Waals surface area contributed by atoms with Crippen LogP contribution in [0, 0.1) is 0 Å². The summed E-state index contributed by atoms with van der Waals surface area (Å²) in [4.78, 5) is 22.4. The molecule has 126 valence electrons. The Morgan fingerprint density at radius 3 is 2.58 bits per heavy atom. The standard InChI is InChI=1S/C17H19N3O3S/c1-11(2)13-6-3-12(4-7-13)5-8-14(21)18-17-20-19-15(24-17)9-10-16(22)23/h3-8,11H,9-10H2,1-2H3,(H,22,23)(H,18,20,21)/b8-5+.